The van der Waals surface area contributed by atoms with Crippen molar-refractivity contribution in [2.45, 2.75) is 37.5 Å². The zero-order valence-corrected chi connectivity index (χ0v) is 17.6. The fraction of sp³-hybridized carbons (Fsp3) is 0.455. The van der Waals surface area contributed by atoms with Gasteiger partial charge >= 0.3 is 0 Å². The molecule has 152 valence electrons. The van der Waals surface area contributed by atoms with E-state index in [4.69, 9.17) is 14.7 Å². The number of halogens is 1. The minimum Gasteiger partial charge on any atom is -0.377 e. The van der Waals surface area contributed by atoms with Crippen molar-refractivity contribution in [2.24, 2.45) is 0 Å². The van der Waals surface area contributed by atoms with E-state index < -0.39 is 0 Å². The molecule has 2 saturated heterocycles. The largest absolute Gasteiger partial charge is 0.377 e. The second-order valence-corrected chi connectivity index (χ2v) is 9.73. The van der Waals surface area contributed by atoms with E-state index >= 15 is 0 Å². The summed E-state index contributed by atoms with van der Waals surface area (Å²) in [6.45, 7) is 6.58. The van der Waals surface area contributed by atoms with Crippen LogP contribution in [0.15, 0.2) is 30.5 Å². The monoisotopic (exact) mass is 412 g/mol. The highest BCUT2D eigenvalue weighted by atomic mass is 32.2. The molecule has 0 saturated carbocycles. The molecule has 2 aliphatic heterocycles. The van der Waals surface area contributed by atoms with Crippen LogP contribution in [-0.2, 0) is 9.48 Å². The molecule has 2 aliphatic rings. The zero-order chi connectivity index (χ0) is 20.0. The third-order valence-corrected chi connectivity index (χ3v) is 7.55. The van der Waals surface area contributed by atoms with Gasteiger partial charge in [0.15, 0.2) is 5.82 Å². The minimum atomic E-state index is -0.285. The van der Waals surface area contributed by atoms with Crippen molar-refractivity contribution < 1.29 is 9.13 Å². The number of aromatic amines is 1. The number of hydrogen-bond donors (Lipinski definition) is 1. The molecule has 0 aliphatic carbocycles. The maximum Gasteiger partial charge on any atom is 0.162 e. The molecule has 3 aromatic rings. The first kappa shape index (κ1) is 18.9. The second-order valence-electron chi connectivity index (χ2n) is 8.13. The third kappa shape index (κ3) is 3.40. The Labute approximate surface area is 174 Å². The Kier molecular flexibility index (Phi) is 4.75. The van der Waals surface area contributed by atoms with Gasteiger partial charge in [-0.05, 0) is 50.6 Å². The predicted octanol–water partition coefficient (Wildman–Crippen LogP) is 4.73. The molecule has 4 heterocycles. The molecule has 5 rings (SSSR count). The summed E-state index contributed by atoms with van der Waals surface area (Å²) in [6, 6.07) is 7.40. The van der Waals surface area contributed by atoms with Gasteiger partial charge in [0, 0.05) is 35.3 Å². The molecule has 2 atom stereocenters. The lowest BCUT2D eigenvalue weighted by atomic mass is 10.00. The van der Waals surface area contributed by atoms with Crippen LogP contribution in [-0.4, -0.2) is 46.5 Å². The van der Waals surface area contributed by atoms with E-state index in [0.29, 0.717) is 19.0 Å². The van der Waals surface area contributed by atoms with Crippen molar-refractivity contribution in [3.63, 3.8) is 0 Å². The molecule has 29 heavy (non-hydrogen) atoms. The van der Waals surface area contributed by atoms with E-state index in [1.807, 2.05) is 24.0 Å². The molecule has 2 aromatic heterocycles. The highest BCUT2D eigenvalue weighted by molar-refractivity contribution is 8.00. The number of anilines is 1. The van der Waals surface area contributed by atoms with Crippen LogP contribution in [0.5, 0.6) is 0 Å². The molecule has 1 N–H and O–H groups in total. The van der Waals surface area contributed by atoms with Crippen molar-refractivity contribution in [1.29, 1.82) is 0 Å². The molecule has 0 spiro atoms. The first-order chi connectivity index (χ1) is 14.0. The number of aromatic nitrogens is 3. The number of benzene rings is 1. The van der Waals surface area contributed by atoms with Crippen molar-refractivity contribution >= 4 is 28.5 Å². The van der Waals surface area contributed by atoms with Crippen LogP contribution in [0, 0.1) is 5.82 Å². The van der Waals surface area contributed by atoms with E-state index in [9.17, 15) is 4.39 Å². The summed E-state index contributed by atoms with van der Waals surface area (Å²) in [5.41, 5.74) is 2.53. The Hall–Kier alpha value is -2.12. The fourth-order valence-corrected chi connectivity index (χ4v) is 5.62. The van der Waals surface area contributed by atoms with Crippen molar-refractivity contribution in [3.05, 3.63) is 42.0 Å². The van der Waals surface area contributed by atoms with Crippen molar-refractivity contribution in [1.82, 2.24) is 15.0 Å². The van der Waals surface area contributed by atoms with Crippen LogP contribution in [0.2, 0.25) is 0 Å². The molecular weight excluding hydrogens is 387 g/mol. The lowest BCUT2D eigenvalue weighted by molar-refractivity contribution is 0.0985. The molecule has 2 fully saturated rings. The average Bonchev–Trinajstić information content (AvgIpc) is 3.37. The van der Waals surface area contributed by atoms with E-state index in [2.05, 4.69) is 29.8 Å². The van der Waals surface area contributed by atoms with Crippen LogP contribution in [0.1, 0.15) is 32.4 Å². The van der Waals surface area contributed by atoms with Gasteiger partial charge in [0.25, 0.3) is 0 Å². The third-order valence-electron chi connectivity index (χ3n) is 6.01. The fourth-order valence-electron chi connectivity index (χ4n) is 4.34. The average molecular weight is 413 g/mol. The summed E-state index contributed by atoms with van der Waals surface area (Å²) < 4.78 is 19.9. The Bertz CT molecular complexity index is 1050. The first-order valence-electron chi connectivity index (χ1n) is 10.2. The standard InChI is InChI=1S/C22H25FN4OS/c1-14-13-28-8-7-27(14)20-12-19(22(2)5-3-9-29-22)25-21(26-20)17-10-15(23)11-18-16(17)4-6-24-18/h4,6,10-12,14,24H,3,5,7-9,13H2,1-2H3. The number of nitrogens with zero attached hydrogens (tertiary/aromatic N) is 3. The molecule has 1 aromatic carbocycles. The number of nitrogens with one attached hydrogen (secondary N) is 1. The molecule has 0 bridgehead atoms. The van der Waals surface area contributed by atoms with Crippen LogP contribution in [0.3, 0.4) is 0 Å². The highest BCUT2D eigenvalue weighted by Crippen LogP contribution is 2.46. The zero-order valence-electron chi connectivity index (χ0n) is 16.7. The molecule has 0 amide bonds. The summed E-state index contributed by atoms with van der Waals surface area (Å²) in [7, 11) is 0. The summed E-state index contributed by atoms with van der Waals surface area (Å²) in [5, 5.41) is 0.939. The van der Waals surface area contributed by atoms with Gasteiger partial charge in [-0.15, -0.1) is 11.8 Å². The lowest BCUT2D eigenvalue weighted by Gasteiger charge is -2.35. The maximum atomic E-state index is 14.3. The minimum absolute atomic E-state index is 0.0352. The van der Waals surface area contributed by atoms with Crippen molar-refractivity contribution in [2.75, 3.05) is 30.4 Å². The Morgan fingerprint density at radius 2 is 2.21 bits per heavy atom. The normalized spacial score (nSPS) is 25.1. The van der Waals surface area contributed by atoms with E-state index in [0.717, 1.165) is 46.7 Å². The molecular formula is C22H25FN4OS. The summed E-state index contributed by atoms with van der Waals surface area (Å²) in [4.78, 5) is 15.3. The Balaban J connectivity index is 1.70. The number of rotatable bonds is 3. The van der Waals surface area contributed by atoms with Crippen LogP contribution >= 0.6 is 11.8 Å². The number of fused-ring (bicyclic) bond motifs is 1. The van der Waals surface area contributed by atoms with Gasteiger partial charge < -0.3 is 14.6 Å². The van der Waals surface area contributed by atoms with Gasteiger partial charge in [-0.25, -0.2) is 14.4 Å². The van der Waals surface area contributed by atoms with E-state index in [1.165, 1.54) is 12.5 Å². The SMILES string of the molecule is CC1COCCN1c1cc(C2(C)CCCS2)nc(-c2cc(F)cc3[nH]ccc23)n1. The first-order valence-corrected chi connectivity index (χ1v) is 11.2. The number of hydrogen-bond acceptors (Lipinski definition) is 5. The van der Waals surface area contributed by atoms with Gasteiger partial charge in [0.2, 0.25) is 0 Å². The van der Waals surface area contributed by atoms with Crippen LogP contribution in [0.4, 0.5) is 10.2 Å². The number of morpholine rings is 1. The quantitative estimate of drug-likeness (QED) is 0.674. The second kappa shape index (κ2) is 7.29. The van der Waals surface area contributed by atoms with Gasteiger partial charge in [-0.3, -0.25) is 0 Å². The Morgan fingerprint density at radius 3 is 3.00 bits per heavy atom. The Morgan fingerprint density at radius 1 is 1.31 bits per heavy atom. The van der Waals surface area contributed by atoms with Gasteiger partial charge in [0.05, 0.1) is 29.7 Å². The number of thioether (sulfide) groups is 1. The summed E-state index contributed by atoms with van der Waals surface area (Å²) in [6.07, 6.45) is 4.11. The van der Waals surface area contributed by atoms with Gasteiger partial charge in [-0.2, -0.15) is 0 Å². The lowest BCUT2D eigenvalue weighted by Crippen LogP contribution is -2.44. The van der Waals surface area contributed by atoms with E-state index in [-0.39, 0.29) is 16.6 Å². The van der Waals surface area contributed by atoms with Crippen molar-refractivity contribution in [3.8, 4) is 11.4 Å². The highest BCUT2D eigenvalue weighted by Gasteiger charge is 2.35. The van der Waals surface area contributed by atoms with Crippen LogP contribution in [0.25, 0.3) is 22.3 Å². The van der Waals surface area contributed by atoms with Gasteiger partial charge in [-0.1, -0.05) is 0 Å². The predicted molar refractivity (Wildman–Crippen MR) is 116 cm³/mol. The van der Waals surface area contributed by atoms with E-state index in [1.54, 1.807) is 6.07 Å². The number of H-pyrrole nitrogens is 1. The van der Waals surface area contributed by atoms with Gasteiger partial charge in [0.1, 0.15) is 11.6 Å². The maximum absolute atomic E-state index is 14.3. The molecule has 2 unspecified atom stereocenters. The molecule has 0 radical (unpaired) electrons. The summed E-state index contributed by atoms with van der Waals surface area (Å²) in [5.74, 6) is 2.35. The number of ether oxygens (including phenoxy) is 1. The molecule has 5 nitrogen and oxygen atoms in total. The van der Waals surface area contributed by atoms with Crippen LogP contribution < -0.4 is 4.90 Å². The smallest absolute Gasteiger partial charge is 0.162 e. The summed E-state index contributed by atoms with van der Waals surface area (Å²) >= 11 is 1.95. The topological polar surface area (TPSA) is 54.0 Å². The molecule has 7 heteroatoms.